The molecular formula is C38H60N6O7S. The van der Waals surface area contributed by atoms with E-state index < -0.39 is 68.0 Å². The molecule has 0 aromatic heterocycles. The average Bonchev–Trinajstić information content (AvgIpc) is 3.91. The van der Waals surface area contributed by atoms with Gasteiger partial charge in [-0.3, -0.25) is 19.2 Å². The van der Waals surface area contributed by atoms with Crippen molar-refractivity contribution in [3.05, 3.63) is 0 Å². The number of urea groups is 1. The molecule has 5 amide bonds. The first-order chi connectivity index (χ1) is 24.4. The van der Waals surface area contributed by atoms with Crippen LogP contribution in [0.5, 0.6) is 0 Å². The number of hydrogen-bond donors (Lipinski definition) is 4. The van der Waals surface area contributed by atoms with E-state index >= 15 is 0 Å². The lowest BCUT2D eigenvalue weighted by Crippen LogP contribution is -2.65. The zero-order valence-electron chi connectivity index (χ0n) is 31.7. The van der Waals surface area contributed by atoms with Crippen molar-refractivity contribution in [2.75, 3.05) is 13.1 Å². The number of nitrogens with one attached hydrogen (secondary N) is 4. The SMILES string of the molecule is CC(C)(C)[C@H](NC(=O)NC1([C@H]2CCN(C3CC3)S2(=O)=O)CCCCC1)C(=O)N1C[C@H]2[C@@H]([C@H]1C(=O)N[C@@H](CCC1CC1)C(=O)C(=O)NC1CC1)C2(C)C. The maximum atomic E-state index is 14.6. The molecule has 0 aromatic rings. The van der Waals surface area contributed by atoms with Crippen molar-refractivity contribution in [3.63, 3.8) is 0 Å². The smallest absolute Gasteiger partial charge is 0.315 e. The lowest BCUT2D eigenvalue weighted by atomic mass is 9.78. The van der Waals surface area contributed by atoms with Crippen LogP contribution in [0.1, 0.15) is 125 Å². The number of Topliss-reactive ketones (excluding diaryl/α,β-unsaturated/α-hetero) is 1. The molecule has 2 aliphatic heterocycles. The number of nitrogens with zero attached hydrogens (tertiary/aromatic N) is 2. The summed E-state index contributed by atoms with van der Waals surface area (Å²) >= 11 is 0. The summed E-state index contributed by atoms with van der Waals surface area (Å²) in [4.78, 5) is 70.7. The molecule has 14 heteroatoms. The van der Waals surface area contributed by atoms with Gasteiger partial charge in [0.25, 0.3) is 5.91 Å². The molecular weight excluding hydrogens is 685 g/mol. The van der Waals surface area contributed by atoms with Gasteiger partial charge in [0.05, 0.1) is 16.8 Å². The molecule has 2 heterocycles. The van der Waals surface area contributed by atoms with E-state index in [1.165, 1.54) is 0 Å². The van der Waals surface area contributed by atoms with Gasteiger partial charge in [-0.25, -0.2) is 13.2 Å². The maximum Gasteiger partial charge on any atom is 0.315 e. The summed E-state index contributed by atoms with van der Waals surface area (Å²) in [6.07, 6.45) is 10.9. The van der Waals surface area contributed by atoms with Gasteiger partial charge in [-0.2, -0.15) is 4.31 Å². The first-order valence-corrected chi connectivity index (χ1v) is 21.5. The van der Waals surface area contributed by atoms with Crippen LogP contribution < -0.4 is 21.3 Å². The average molecular weight is 745 g/mol. The number of piperidine rings is 1. The Morgan fingerprint density at radius 2 is 1.56 bits per heavy atom. The quantitative estimate of drug-likeness (QED) is 0.210. The van der Waals surface area contributed by atoms with Gasteiger partial charge in [0.1, 0.15) is 12.1 Å². The standard InChI is InChI=1S/C38H60N6O7S/c1-36(2,3)31(41-35(49)42-38(18-7-6-8-19-38)27-17-20-44(24-14-15-24)52(27,50)51)34(48)43-21-25-28(37(25,4)5)29(43)32(46)40-26(16-11-22-9-10-22)30(45)33(47)39-23-12-13-23/h22-29,31H,6-21H2,1-5H3,(H,39,47)(H,40,46)(H2,41,42,49)/t25-,26-,27+,28-,29-,31+/m0/s1. The third kappa shape index (κ3) is 7.36. The molecule has 0 spiro atoms. The van der Waals surface area contributed by atoms with Gasteiger partial charge < -0.3 is 26.2 Å². The van der Waals surface area contributed by atoms with Crippen molar-refractivity contribution in [2.45, 2.75) is 166 Å². The van der Waals surface area contributed by atoms with E-state index in [9.17, 15) is 32.4 Å². The molecule has 52 heavy (non-hydrogen) atoms. The molecule has 0 radical (unpaired) electrons. The van der Waals surface area contributed by atoms with Crippen molar-refractivity contribution in [1.82, 2.24) is 30.5 Å². The van der Waals surface area contributed by atoms with Crippen LogP contribution in [0.4, 0.5) is 4.79 Å². The van der Waals surface area contributed by atoms with Crippen LogP contribution in [0.25, 0.3) is 0 Å². The predicted octanol–water partition coefficient (Wildman–Crippen LogP) is 2.98. The number of carbonyl (C=O) groups excluding carboxylic acids is 5. The molecule has 5 aliphatic carbocycles. The highest BCUT2D eigenvalue weighted by Gasteiger charge is 2.70. The third-order valence-electron chi connectivity index (χ3n) is 13.5. The number of carbonyl (C=O) groups is 5. The van der Waals surface area contributed by atoms with Crippen LogP contribution in [-0.4, -0.2) is 101 Å². The minimum atomic E-state index is -3.59. The largest absolute Gasteiger partial charge is 0.347 e. The minimum absolute atomic E-state index is 0.0132. The number of hydrogen-bond acceptors (Lipinski definition) is 7. The molecule has 7 aliphatic rings. The Bertz CT molecular complexity index is 1570. The van der Waals surface area contributed by atoms with Gasteiger partial charge in [-0.15, -0.1) is 0 Å². The molecule has 6 atom stereocenters. The molecule has 7 fully saturated rings. The molecule has 5 saturated carbocycles. The summed E-state index contributed by atoms with van der Waals surface area (Å²) in [5.74, 6) is -1.69. The summed E-state index contributed by atoms with van der Waals surface area (Å²) in [6.45, 7) is 10.6. The molecule has 0 aromatic carbocycles. The van der Waals surface area contributed by atoms with Crippen LogP contribution in [0.3, 0.4) is 0 Å². The van der Waals surface area contributed by atoms with Crippen molar-refractivity contribution < 1.29 is 32.4 Å². The second-order valence-corrected chi connectivity index (χ2v) is 20.9. The number of ketones is 1. The van der Waals surface area contributed by atoms with Gasteiger partial charge >= 0.3 is 6.03 Å². The molecule has 13 nitrogen and oxygen atoms in total. The van der Waals surface area contributed by atoms with Gasteiger partial charge in [-0.05, 0) is 86.4 Å². The fraction of sp³-hybridized carbons (Fsp3) is 0.868. The van der Waals surface area contributed by atoms with Crippen LogP contribution in [0.2, 0.25) is 0 Å². The number of amides is 5. The summed E-state index contributed by atoms with van der Waals surface area (Å²) in [5, 5.41) is 11.1. The minimum Gasteiger partial charge on any atom is -0.347 e. The highest BCUT2D eigenvalue weighted by atomic mass is 32.2. The van der Waals surface area contributed by atoms with E-state index in [-0.39, 0.29) is 35.2 Å². The number of fused-ring (bicyclic) bond motifs is 1. The number of likely N-dealkylation sites (tertiary alicyclic amines) is 1. The highest BCUT2D eigenvalue weighted by Crippen LogP contribution is 2.65. The highest BCUT2D eigenvalue weighted by molar-refractivity contribution is 7.90. The van der Waals surface area contributed by atoms with E-state index in [2.05, 4.69) is 35.1 Å². The Hall–Kier alpha value is -2.74. The zero-order chi connectivity index (χ0) is 37.4. The molecule has 4 N–H and O–H groups in total. The monoisotopic (exact) mass is 744 g/mol. The molecule has 0 unspecified atom stereocenters. The van der Waals surface area contributed by atoms with E-state index in [0.29, 0.717) is 44.7 Å². The molecule has 7 rings (SSSR count). The zero-order valence-corrected chi connectivity index (χ0v) is 32.5. The fourth-order valence-electron chi connectivity index (χ4n) is 9.71. The fourth-order valence-corrected chi connectivity index (χ4v) is 12.3. The summed E-state index contributed by atoms with van der Waals surface area (Å²) in [6, 6.07) is -3.33. The van der Waals surface area contributed by atoms with E-state index in [0.717, 1.165) is 64.2 Å². The van der Waals surface area contributed by atoms with Crippen molar-refractivity contribution >= 4 is 39.6 Å². The van der Waals surface area contributed by atoms with Gasteiger partial charge in [0.2, 0.25) is 27.6 Å². The predicted molar refractivity (Wildman–Crippen MR) is 194 cm³/mol. The van der Waals surface area contributed by atoms with Crippen molar-refractivity contribution in [3.8, 4) is 0 Å². The Labute approximate surface area is 308 Å². The molecule has 0 bridgehead atoms. The Morgan fingerprint density at radius 3 is 2.15 bits per heavy atom. The Balaban J connectivity index is 1.08. The second kappa shape index (κ2) is 13.5. The van der Waals surface area contributed by atoms with E-state index in [1.54, 1.807) is 9.21 Å². The normalized spacial score (nSPS) is 31.5. The van der Waals surface area contributed by atoms with Gasteiger partial charge in [0.15, 0.2) is 0 Å². The van der Waals surface area contributed by atoms with E-state index in [1.807, 2.05) is 20.8 Å². The Kier molecular flexibility index (Phi) is 9.77. The molecule has 290 valence electrons. The van der Waals surface area contributed by atoms with Gasteiger partial charge in [0, 0.05) is 25.2 Å². The Morgan fingerprint density at radius 1 is 0.885 bits per heavy atom. The molecule has 2 saturated heterocycles. The lowest BCUT2D eigenvalue weighted by Gasteiger charge is -2.43. The van der Waals surface area contributed by atoms with Crippen molar-refractivity contribution in [2.24, 2.45) is 28.6 Å². The van der Waals surface area contributed by atoms with Crippen LogP contribution in [0.15, 0.2) is 0 Å². The second-order valence-electron chi connectivity index (χ2n) is 18.9. The van der Waals surface area contributed by atoms with Gasteiger partial charge in [-0.1, -0.05) is 66.7 Å². The number of rotatable bonds is 13. The van der Waals surface area contributed by atoms with Crippen molar-refractivity contribution in [1.29, 1.82) is 0 Å². The first kappa shape index (κ1) is 37.6. The van der Waals surface area contributed by atoms with Crippen LogP contribution in [-0.2, 0) is 29.2 Å². The van der Waals surface area contributed by atoms with Crippen LogP contribution in [0, 0.1) is 28.6 Å². The maximum absolute atomic E-state index is 14.6. The topological polar surface area (TPSA) is 174 Å². The van der Waals surface area contributed by atoms with E-state index in [4.69, 9.17) is 0 Å². The van der Waals surface area contributed by atoms with Crippen LogP contribution >= 0.6 is 0 Å². The summed E-state index contributed by atoms with van der Waals surface area (Å²) < 4.78 is 29.3. The summed E-state index contributed by atoms with van der Waals surface area (Å²) in [7, 11) is -3.59. The number of sulfonamides is 1. The summed E-state index contributed by atoms with van der Waals surface area (Å²) in [5.41, 5.74) is -1.86. The first-order valence-electron chi connectivity index (χ1n) is 20.0. The lowest BCUT2D eigenvalue weighted by molar-refractivity contribution is -0.145. The third-order valence-corrected chi connectivity index (χ3v) is 16.0.